The van der Waals surface area contributed by atoms with Crippen molar-refractivity contribution >= 4 is 27.3 Å². The number of amides is 1. The molecule has 0 bridgehead atoms. The maximum Gasteiger partial charge on any atom is 0.243 e. The van der Waals surface area contributed by atoms with Gasteiger partial charge in [0.05, 0.1) is 18.0 Å². The minimum Gasteiger partial charge on any atom is -0.332 e. The van der Waals surface area contributed by atoms with Crippen LogP contribution in [0, 0.1) is 12.7 Å². The molecule has 0 atom stereocenters. The Balaban J connectivity index is 1.57. The zero-order chi connectivity index (χ0) is 22.7. The molecule has 0 aliphatic heterocycles. The summed E-state index contributed by atoms with van der Waals surface area (Å²) in [6, 6.07) is 16.4. The second-order valence-electron chi connectivity index (χ2n) is 8.05. The van der Waals surface area contributed by atoms with Crippen LogP contribution in [0.1, 0.15) is 28.8 Å². The molecule has 0 spiro atoms. The topological polar surface area (TPSA) is 57.7 Å². The molecule has 1 aliphatic carbocycles. The molecule has 1 heterocycles. The molecule has 1 fully saturated rings. The van der Waals surface area contributed by atoms with Gasteiger partial charge in [-0.2, -0.15) is 4.31 Å². The maximum absolute atomic E-state index is 13.4. The number of halogens is 1. The van der Waals surface area contributed by atoms with Gasteiger partial charge in [0, 0.05) is 17.5 Å². The van der Waals surface area contributed by atoms with Crippen molar-refractivity contribution < 1.29 is 17.6 Å². The lowest BCUT2D eigenvalue weighted by Gasteiger charge is -2.27. The van der Waals surface area contributed by atoms with E-state index in [1.807, 2.05) is 24.4 Å². The van der Waals surface area contributed by atoms with Crippen LogP contribution in [-0.2, 0) is 27.9 Å². The number of hydrogen-bond acceptors (Lipinski definition) is 4. The number of benzene rings is 2. The van der Waals surface area contributed by atoms with Gasteiger partial charge in [-0.3, -0.25) is 4.79 Å². The smallest absolute Gasteiger partial charge is 0.243 e. The quantitative estimate of drug-likeness (QED) is 0.458. The number of rotatable bonds is 9. The van der Waals surface area contributed by atoms with Crippen molar-refractivity contribution in [2.45, 2.75) is 43.8 Å². The van der Waals surface area contributed by atoms with Gasteiger partial charge < -0.3 is 4.90 Å². The van der Waals surface area contributed by atoms with Gasteiger partial charge >= 0.3 is 0 Å². The lowest BCUT2D eigenvalue weighted by atomic mass is 10.2. The predicted molar refractivity (Wildman–Crippen MR) is 123 cm³/mol. The van der Waals surface area contributed by atoms with Crippen molar-refractivity contribution in [2.24, 2.45) is 0 Å². The monoisotopic (exact) mass is 472 g/mol. The minimum atomic E-state index is -3.78. The molecule has 0 unspecified atom stereocenters. The molecule has 32 heavy (non-hydrogen) atoms. The van der Waals surface area contributed by atoms with Crippen molar-refractivity contribution in [1.29, 1.82) is 0 Å². The van der Waals surface area contributed by atoms with Gasteiger partial charge in [-0.25, -0.2) is 12.8 Å². The Kier molecular flexibility index (Phi) is 6.74. The summed E-state index contributed by atoms with van der Waals surface area (Å²) >= 11 is 1.54. The van der Waals surface area contributed by atoms with E-state index in [2.05, 4.69) is 0 Å². The first-order valence-electron chi connectivity index (χ1n) is 10.5. The molecule has 8 heteroatoms. The van der Waals surface area contributed by atoms with E-state index in [0.717, 1.165) is 28.8 Å². The standard InChI is InChI=1S/C24H25FN2O3S2/c1-18-4-12-23(13-5-18)32(29,30)27(21-10-11-21)17-24(28)26(16-22-3-2-14-31-22)15-19-6-8-20(25)9-7-19/h2-9,12-14,21H,10-11,15-17H2,1H3. The van der Waals surface area contributed by atoms with Crippen molar-refractivity contribution in [3.8, 4) is 0 Å². The molecule has 1 saturated carbocycles. The van der Waals surface area contributed by atoms with E-state index >= 15 is 0 Å². The molecule has 168 valence electrons. The maximum atomic E-state index is 13.4. The van der Waals surface area contributed by atoms with Crippen molar-refractivity contribution in [1.82, 2.24) is 9.21 Å². The summed E-state index contributed by atoms with van der Waals surface area (Å²) in [6.07, 6.45) is 1.50. The summed E-state index contributed by atoms with van der Waals surface area (Å²) in [5.74, 6) is -0.612. The van der Waals surface area contributed by atoms with Gasteiger partial charge in [0.15, 0.2) is 0 Å². The van der Waals surface area contributed by atoms with Crippen molar-refractivity contribution in [2.75, 3.05) is 6.54 Å². The molecule has 1 aliphatic rings. The second kappa shape index (κ2) is 9.52. The van der Waals surface area contributed by atoms with E-state index in [9.17, 15) is 17.6 Å². The highest BCUT2D eigenvalue weighted by atomic mass is 32.2. The van der Waals surface area contributed by atoms with Gasteiger partial charge in [0.1, 0.15) is 5.82 Å². The Morgan fingerprint density at radius 3 is 2.31 bits per heavy atom. The largest absolute Gasteiger partial charge is 0.332 e. The Labute approximate surface area is 192 Å². The molecule has 5 nitrogen and oxygen atoms in total. The van der Waals surface area contributed by atoms with Gasteiger partial charge in [-0.1, -0.05) is 35.9 Å². The van der Waals surface area contributed by atoms with Crippen LogP contribution in [0.2, 0.25) is 0 Å². The van der Waals surface area contributed by atoms with E-state index in [0.29, 0.717) is 6.54 Å². The van der Waals surface area contributed by atoms with Crippen molar-refractivity contribution in [3.05, 3.63) is 87.9 Å². The van der Waals surface area contributed by atoms with Gasteiger partial charge in [0.2, 0.25) is 15.9 Å². The average Bonchev–Trinajstić information content (AvgIpc) is 3.48. The van der Waals surface area contributed by atoms with Gasteiger partial charge in [0.25, 0.3) is 0 Å². The van der Waals surface area contributed by atoms with Crippen LogP contribution in [0.25, 0.3) is 0 Å². The lowest BCUT2D eigenvalue weighted by Crippen LogP contribution is -2.43. The first-order chi connectivity index (χ1) is 15.3. The lowest BCUT2D eigenvalue weighted by molar-refractivity contribution is -0.132. The first kappa shape index (κ1) is 22.6. The fourth-order valence-corrected chi connectivity index (χ4v) is 5.84. The molecule has 1 aromatic heterocycles. The number of sulfonamides is 1. The normalized spacial score (nSPS) is 14.0. The van der Waals surface area contributed by atoms with Crippen LogP contribution in [0.3, 0.4) is 0 Å². The highest BCUT2D eigenvalue weighted by Crippen LogP contribution is 2.32. The van der Waals surface area contributed by atoms with E-state index < -0.39 is 10.0 Å². The fraction of sp³-hybridized carbons (Fsp3) is 0.292. The zero-order valence-electron chi connectivity index (χ0n) is 17.8. The molecule has 4 rings (SSSR count). The second-order valence-corrected chi connectivity index (χ2v) is 11.0. The molecule has 3 aromatic rings. The molecular formula is C24H25FN2O3S2. The van der Waals surface area contributed by atoms with Crippen LogP contribution in [-0.4, -0.2) is 36.1 Å². The van der Waals surface area contributed by atoms with E-state index in [1.54, 1.807) is 41.3 Å². The summed E-state index contributed by atoms with van der Waals surface area (Å²) < 4.78 is 41.3. The minimum absolute atomic E-state index is 0.153. The SMILES string of the molecule is Cc1ccc(S(=O)(=O)N(CC(=O)N(Cc2ccc(F)cc2)Cc2cccs2)C2CC2)cc1. The Morgan fingerprint density at radius 1 is 1.03 bits per heavy atom. The summed E-state index contributed by atoms with van der Waals surface area (Å²) in [6.45, 7) is 2.33. The highest BCUT2D eigenvalue weighted by molar-refractivity contribution is 7.89. The Morgan fingerprint density at radius 2 is 1.72 bits per heavy atom. The summed E-state index contributed by atoms with van der Waals surface area (Å²) in [4.78, 5) is 16.2. The first-order valence-corrected chi connectivity index (χ1v) is 12.8. The summed E-state index contributed by atoms with van der Waals surface area (Å²) in [7, 11) is -3.78. The van der Waals surface area contributed by atoms with Crippen molar-refractivity contribution in [3.63, 3.8) is 0 Å². The Hall–Kier alpha value is -2.55. The van der Waals surface area contributed by atoms with Gasteiger partial charge in [-0.05, 0) is 61.0 Å². The van der Waals surface area contributed by atoms with Crippen LogP contribution >= 0.6 is 11.3 Å². The third-order valence-corrected chi connectivity index (χ3v) is 8.21. The number of carbonyl (C=O) groups is 1. The fourth-order valence-electron chi connectivity index (χ4n) is 3.48. The third kappa shape index (κ3) is 5.43. The third-order valence-electron chi connectivity index (χ3n) is 5.44. The number of hydrogen-bond donors (Lipinski definition) is 0. The number of thiophene rings is 1. The summed E-state index contributed by atoms with van der Waals surface area (Å²) in [5.41, 5.74) is 1.76. The molecule has 1 amide bonds. The molecule has 0 N–H and O–H groups in total. The van der Waals surface area contributed by atoms with Gasteiger partial charge in [-0.15, -0.1) is 11.3 Å². The average molecular weight is 473 g/mol. The van der Waals surface area contributed by atoms with Crippen LogP contribution in [0.5, 0.6) is 0 Å². The number of aryl methyl sites for hydroxylation is 1. The molecule has 2 aromatic carbocycles. The predicted octanol–water partition coefficient (Wildman–Crippen LogP) is 4.58. The van der Waals surface area contributed by atoms with E-state index in [4.69, 9.17) is 0 Å². The van der Waals surface area contributed by atoms with E-state index in [1.165, 1.54) is 27.8 Å². The van der Waals surface area contributed by atoms with Crippen LogP contribution in [0.4, 0.5) is 4.39 Å². The zero-order valence-corrected chi connectivity index (χ0v) is 19.4. The molecule has 0 radical (unpaired) electrons. The number of nitrogens with zero attached hydrogens (tertiary/aromatic N) is 2. The number of carbonyl (C=O) groups excluding carboxylic acids is 1. The highest BCUT2D eigenvalue weighted by Gasteiger charge is 2.40. The van der Waals surface area contributed by atoms with Crippen LogP contribution in [0.15, 0.2) is 70.9 Å². The molecule has 0 saturated heterocycles. The molecular weight excluding hydrogens is 447 g/mol. The summed E-state index contributed by atoms with van der Waals surface area (Å²) in [5, 5.41) is 1.94. The van der Waals surface area contributed by atoms with E-state index in [-0.39, 0.29) is 35.8 Å². The van der Waals surface area contributed by atoms with Crippen LogP contribution < -0.4 is 0 Å². The Bertz CT molecular complexity index is 1160.